The molecule has 4 heterocycles. The summed E-state index contributed by atoms with van der Waals surface area (Å²) in [5, 5.41) is 1.16. The standard InChI is InChI=1S/C15H19N3O/c1-11-9-13-14(19-11)4-5-16-15(13)18-8-7-17-6-2-3-12(17)10-18/h4-5,9,12H,2-3,6-8,10H2,1H3. The van der Waals surface area contributed by atoms with Gasteiger partial charge in [-0.15, -0.1) is 0 Å². The molecule has 0 N–H and O–H groups in total. The zero-order valence-corrected chi connectivity index (χ0v) is 11.3. The second-order valence-corrected chi connectivity index (χ2v) is 5.68. The number of hydrogen-bond acceptors (Lipinski definition) is 4. The van der Waals surface area contributed by atoms with Crippen molar-refractivity contribution in [1.29, 1.82) is 0 Å². The van der Waals surface area contributed by atoms with Crippen LogP contribution >= 0.6 is 0 Å². The number of furan rings is 1. The van der Waals surface area contributed by atoms with Crippen LogP contribution in [-0.2, 0) is 0 Å². The van der Waals surface area contributed by atoms with Crippen LogP contribution in [0.4, 0.5) is 5.82 Å². The van der Waals surface area contributed by atoms with Gasteiger partial charge in [0.05, 0.1) is 5.39 Å². The SMILES string of the molecule is Cc1cc2c(N3CCN4CCCC4C3)nccc2o1. The Morgan fingerprint density at radius 2 is 2.26 bits per heavy atom. The predicted molar refractivity (Wildman–Crippen MR) is 75.6 cm³/mol. The van der Waals surface area contributed by atoms with Crippen molar-refractivity contribution in [2.24, 2.45) is 0 Å². The predicted octanol–water partition coefficient (Wildman–Crippen LogP) is 2.42. The maximum Gasteiger partial charge on any atom is 0.139 e. The number of rotatable bonds is 1. The lowest BCUT2D eigenvalue weighted by Crippen LogP contribution is -2.50. The monoisotopic (exact) mass is 257 g/mol. The van der Waals surface area contributed by atoms with Gasteiger partial charge in [-0.3, -0.25) is 4.90 Å². The van der Waals surface area contributed by atoms with Crippen molar-refractivity contribution < 1.29 is 4.42 Å². The molecule has 19 heavy (non-hydrogen) atoms. The first-order chi connectivity index (χ1) is 9.31. The molecule has 0 amide bonds. The Morgan fingerprint density at radius 1 is 1.32 bits per heavy atom. The molecule has 2 aliphatic rings. The zero-order chi connectivity index (χ0) is 12.8. The lowest BCUT2D eigenvalue weighted by molar-refractivity contribution is 0.230. The molecule has 2 aromatic rings. The largest absolute Gasteiger partial charge is 0.461 e. The van der Waals surface area contributed by atoms with Gasteiger partial charge in [-0.2, -0.15) is 0 Å². The molecule has 0 bridgehead atoms. The van der Waals surface area contributed by atoms with Crippen LogP contribution in [0.2, 0.25) is 0 Å². The summed E-state index contributed by atoms with van der Waals surface area (Å²) >= 11 is 0. The summed E-state index contributed by atoms with van der Waals surface area (Å²) in [6.07, 6.45) is 4.54. The van der Waals surface area contributed by atoms with E-state index in [0.717, 1.165) is 41.7 Å². The number of aromatic nitrogens is 1. The van der Waals surface area contributed by atoms with Crippen LogP contribution in [0.1, 0.15) is 18.6 Å². The average molecular weight is 257 g/mol. The molecule has 2 aromatic heterocycles. The molecule has 0 saturated carbocycles. The summed E-state index contributed by atoms with van der Waals surface area (Å²) in [7, 11) is 0. The van der Waals surface area contributed by atoms with Gasteiger partial charge < -0.3 is 9.32 Å². The molecule has 1 atom stereocenters. The third-order valence-electron chi connectivity index (χ3n) is 4.43. The maximum atomic E-state index is 5.71. The van der Waals surface area contributed by atoms with Crippen molar-refractivity contribution in [3.63, 3.8) is 0 Å². The normalized spacial score (nSPS) is 24.1. The number of fused-ring (bicyclic) bond motifs is 2. The minimum absolute atomic E-state index is 0.721. The molecule has 0 radical (unpaired) electrons. The molecule has 2 aliphatic heterocycles. The van der Waals surface area contributed by atoms with E-state index in [2.05, 4.69) is 20.9 Å². The molecule has 4 rings (SSSR count). The molecular weight excluding hydrogens is 238 g/mol. The van der Waals surface area contributed by atoms with Crippen LogP contribution in [-0.4, -0.2) is 42.1 Å². The fourth-order valence-corrected chi connectivity index (χ4v) is 3.51. The van der Waals surface area contributed by atoms with Gasteiger partial charge in [0.1, 0.15) is 17.2 Å². The Labute approximate surface area is 113 Å². The van der Waals surface area contributed by atoms with Crippen molar-refractivity contribution >= 4 is 16.8 Å². The van der Waals surface area contributed by atoms with Gasteiger partial charge in [-0.1, -0.05) is 0 Å². The average Bonchev–Trinajstić information content (AvgIpc) is 3.01. The van der Waals surface area contributed by atoms with Crippen LogP contribution in [0.3, 0.4) is 0 Å². The van der Waals surface area contributed by atoms with E-state index in [1.54, 1.807) is 0 Å². The van der Waals surface area contributed by atoms with Gasteiger partial charge in [0, 0.05) is 31.9 Å². The summed E-state index contributed by atoms with van der Waals surface area (Å²) in [6, 6.07) is 4.79. The van der Waals surface area contributed by atoms with Gasteiger partial charge in [-0.25, -0.2) is 4.98 Å². The lowest BCUT2D eigenvalue weighted by Gasteiger charge is -2.38. The van der Waals surface area contributed by atoms with Crippen molar-refractivity contribution in [2.75, 3.05) is 31.1 Å². The molecular formula is C15H19N3O. The number of pyridine rings is 1. The zero-order valence-electron chi connectivity index (χ0n) is 11.3. The Hall–Kier alpha value is -1.55. The van der Waals surface area contributed by atoms with Crippen molar-refractivity contribution in [2.45, 2.75) is 25.8 Å². The van der Waals surface area contributed by atoms with Gasteiger partial charge in [0.25, 0.3) is 0 Å². The highest BCUT2D eigenvalue weighted by Gasteiger charge is 2.31. The molecule has 0 spiro atoms. The van der Waals surface area contributed by atoms with Crippen LogP contribution in [0.5, 0.6) is 0 Å². The van der Waals surface area contributed by atoms with E-state index in [1.807, 2.05) is 19.2 Å². The minimum atomic E-state index is 0.721. The van der Waals surface area contributed by atoms with Crippen LogP contribution in [0.15, 0.2) is 22.7 Å². The smallest absolute Gasteiger partial charge is 0.139 e. The molecule has 4 heteroatoms. The maximum absolute atomic E-state index is 5.71. The highest BCUT2D eigenvalue weighted by Crippen LogP contribution is 2.30. The fraction of sp³-hybridized carbons (Fsp3) is 0.533. The molecule has 4 nitrogen and oxygen atoms in total. The first-order valence-corrected chi connectivity index (χ1v) is 7.15. The van der Waals surface area contributed by atoms with E-state index in [1.165, 1.54) is 25.9 Å². The van der Waals surface area contributed by atoms with Crippen LogP contribution in [0.25, 0.3) is 11.0 Å². The van der Waals surface area contributed by atoms with Gasteiger partial charge >= 0.3 is 0 Å². The second kappa shape index (κ2) is 4.23. The summed E-state index contributed by atoms with van der Waals surface area (Å²) in [4.78, 5) is 9.66. The highest BCUT2D eigenvalue weighted by atomic mass is 16.3. The molecule has 100 valence electrons. The van der Waals surface area contributed by atoms with E-state index < -0.39 is 0 Å². The quantitative estimate of drug-likeness (QED) is 0.785. The van der Waals surface area contributed by atoms with E-state index >= 15 is 0 Å². The fourth-order valence-electron chi connectivity index (χ4n) is 3.51. The van der Waals surface area contributed by atoms with E-state index in [0.29, 0.717) is 0 Å². The second-order valence-electron chi connectivity index (χ2n) is 5.68. The van der Waals surface area contributed by atoms with E-state index in [9.17, 15) is 0 Å². The third kappa shape index (κ3) is 1.82. The van der Waals surface area contributed by atoms with Crippen LogP contribution in [0, 0.1) is 6.92 Å². The highest BCUT2D eigenvalue weighted by molar-refractivity contribution is 5.89. The molecule has 2 saturated heterocycles. The van der Waals surface area contributed by atoms with Crippen molar-refractivity contribution in [3.8, 4) is 0 Å². The summed E-state index contributed by atoms with van der Waals surface area (Å²) in [6.45, 7) is 6.63. The van der Waals surface area contributed by atoms with Crippen molar-refractivity contribution in [1.82, 2.24) is 9.88 Å². The first kappa shape index (κ1) is 11.3. The summed E-state index contributed by atoms with van der Waals surface area (Å²) in [5.74, 6) is 2.06. The molecule has 0 aliphatic carbocycles. The van der Waals surface area contributed by atoms with Crippen LogP contribution < -0.4 is 4.90 Å². The van der Waals surface area contributed by atoms with Gasteiger partial charge in [0.2, 0.25) is 0 Å². The minimum Gasteiger partial charge on any atom is -0.461 e. The Kier molecular flexibility index (Phi) is 2.52. The number of hydrogen-bond donors (Lipinski definition) is 0. The molecule has 1 unspecified atom stereocenters. The summed E-state index contributed by atoms with van der Waals surface area (Å²) in [5.41, 5.74) is 0.955. The molecule has 0 aromatic carbocycles. The topological polar surface area (TPSA) is 32.5 Å². The third-order valence-corrected chi connectivity index (χ3v) is 4.43. The number of anilines is 1. The van der Waals surface area contributed by atoms with E-state index in [-0.39, 0.29) is 0 Å². The Balaban J connectivity index is 1.70. The first-order valence-electron chi connectivity index (χ1n) is 7.15. The Morgan fingerprint density at radius 3 is 3.21 bits per heavy atom. The van der Waals surface area contributed by atoms with E-state index in [4.69, 9.17) is 4.42 Å². The number of aryl methyl sites for hydroxylation is 1. The number of piperazine rings is 1. The Bertz CT molecular complexity index is 606. The van der Waals surface area contributed by atoms with Gasteiger partial charge in [0.15, 0.2) is 0 Å². The molecule has 2 fully saturated rings. The van der Waals surface area contributed by atoms with Crippen molar-refractivity contribution in [3.05, 3.63) is 24.1 Å². The lowest BCUT2D eigenvalue weighted by atomic mass is 10.1. The summed E-state index contributed by atoms with van der Waals surface area (Å²) < 4.78 is 5.71. The van der Waals surface area contributed by atoms with Gasteiger partial charge in [-0.05, 0) is 38.4 Å². The number of nitrogens with zero attached hydrogens (tertiary/aromatic N) is 3.